The van der Waals surface area contributed by atoms with Crippen LogP contribution in [0.3, 0.4) is 0 Å². The predicted molar refractivity (Wildman–Crippen MR) is 71.2 cm³/mol. The van der Waals surface area contributed by atoms with E-state index in [1.807, 2.05) is 14.1 Å². The molecule has 2 rings (SSSR count). The molecule has 1 fully saturated rings. The van der Waals surface area contributed by atoms with E-state index >= 15 is 0 Å². The second-order valence-corrected chi connectivity index (χ2v) is 4.95. The first kappa shape index (κ1) is 13.3. The lowest BCUT2D eigenvalue weighted by Gasteiger charge is -2.20. The molecule has 18 heavy (non-hydrogen) atoms. The van der Waals surface area contributed by atoms with Crippen LogP contribution in [0.25, 0.3) is 0 Å². The number of anilines is 2. The molecule has 2 unspecified atom stereocenters. The minimum atomic E-state index is 0.154. The van der Waals surface area contributed by atoms with Crippen LogP contribution in [0.5, 0.6) is 0 Å². The van der Waals surface area contributed by atoms with Crippen molar-refractivity contribution in [3.63, 3.8) is 0 Å². The molecule has 0 aliphatic carbocycles. The highest BCUT2D eigenvalue weighted by Crippen LogP contribution is 2.19. The lowest BCUT2D eigenvalue weighted by Crippen LogP contribution is -2.31. The van der Waals surface area contributed by atoms with Crippen LogP contribution in [-0.2, 0) is 4.74 Å². The van der Waals surface area contributed by atoms with Gasteiger partial charge in [0.2, 0.25) is 17.2 Å². The number of rotatable bonds is 4. The van der Waals surface area contributed by atoms with E-state index in [9.17, 15) is 0 Å². The average molecular weight is 272 g/mol. The topological polar surface area (TPSA) is 63.2 Å². The molecule has 2 heterocycles. The molecule has 0 radical (unpaired) electrons. The average Bonchev–Trinajstić information content (AvgIpc) is 2.81. The van der Waals surface area contributed by atoms with Crippen LogP contribution in [-0.4, -0.2) is 47.8 Å². The predicted octanol–water partition coefficient (Wildman–Crippen LogP) is 1.57. The van der Waals surface area contributed by atoms with Crippen LogP contribution in [0.4, 0.5) is 11.9 Å². The molecule has 1 aliphatic heterocycles. The molecule has 0 amide bonds. The Balaban J connectivity index is 2.08. The molecule has 0 spiro atoms. The van der Waals surface area contributed by atoms with Gasteiger partial charge in [0.25, 0.3) is 0 Å². The molecular formula is C11H18ClN5O. The zero-order chi connectivity index (χ0) is 13.1. The van der Waals surface area contributed by atoms with Crippen LogP contribution < -0.4 is 10.2 Å². The normalized spacial score (nSPS) is 20.8. The van der Waals surface area contributed by atoms with Gasteiger partial charge in [0, 0.05) is 20.7 Å². The standard InChI is InChI=1S/C11H18ClN5O/c1-7(8-5-4-6-18-8)13-10-14-9(12)15-11(16-10)17(2)3/h7-8H,4-6H2,1-3H3,(H,13,14,15,16). The van der Waals surface area contributed by atoms with E-state index < -0.39 is 0 Å². The van der Waals surface area contributed by atoms with Crippen LogP contribution in [0.2, 0.25) is 5.28 Å². The van der Waals surface area contributed by atoms with E-state index in [1.165, 1.54) is 0 Å². The third kappa shape index (κ3) is 3.20. The van der Waals surface area contributed by atoms with Gasteiger partial charge in [-0.25, -0.2) is 0 Å². The lowest BCUT2D eigenvalue weighted by molar-refractivity contribution is 0.0994. The fourth-order valence-electron chi connectivity index (χ4n) is 1.90. The molecule has 1 N–H and O–H groups in total. The van der Waals surface area contributed by atoms with E-state index in [2.05, 4.69) is 27.2 Å². The Bertz CT molecular complexity index is 408. The summed E-state index contributed by atoms with van der Waals surface area (Å²) >= 11 is 5.88. The Morgan fingerprint density at radius 2 is 2.17 bits per heavy atom. The van der Waals surface area contributed by atoms with Gasteiger partial charge >= 0.3 is 0 Å². The highest BCUT2D eigenvalue weighted by molar-refractivity contribution is 6.28. The maximum absolute atomic E-state index is 5.88. The van der Waals surface area contributed by atoms with Crippen molar-refractivity contribution in [2.45, 2.75) is 31.9 Å². The van der Waals surface area contributed by atoms with Gasteiger partial charge in [0.1, 0.15) is 0 Å². The molecule has 1 aromatic rings. The number of ether oxygens (including phenoxy) is 1. The number of halogens is 1. The summed E-state index contributed by atoms with van der Waals surface area (Å²) in [5.41, 5.74) is 0. The van der Waals surface area contributed by atoms with Gasteiger partial charge in [-0.05, 0) is 31.4 Å². The third-order valence-electron chi connectivity index (χ3n) is 2.88. The summed E-state index contributed by atoms with van der Waals surface area (Å²) in [6.07, 6.45) is 2.38. The van der Waals surface area contributed by atoms with E-state index in [0.717, 1.165) is 19.4 Å². The fraction of sp³-hybridized carbons (Fsp3) is 0.727. The molecule has 1 aliphatic rings. The largest absolute Gasteiger partial charge is 0.376 e. The maximum atomic E-state index is 5.88. The number of nitrogens with one attached hydrogen (secondary N) is 1. The molecule has 7 heteroatoms. The van der Waals surface area contributed by atoms with E-state index in [1.54, 1.807) is 4.90 Å². The number of hydrogen-bond acceptors (Lipinski definition) is 6. The van der Waals surface area contributed by atoms with E-state index in [-0.39, 0.29) is 17.4 Å². The van der Waals surface area contributed by atoms with Crippen LogP contribution in [0.1, 0.15) is 19.8 Å². The second kappa shape index (κ2) is 5.67. The fourth-order valence-corrected chi connectivity index (χ4v) is 2.05. The van der Waals surface area contributed by atoms with Gasteiger partial charge in [-0.2, -0.15) is 15.0 Å². The van der Waals surface area contributed by atoms with Crippen molar-refractivity contribution < 1.29 is 4.74 Å². The zero-order valence-corrected chi connectivity index (χ0v) is 11.6. The first-order valence-electron chi connectivity index (χ1n) is 6.03. The van der Waals surface area contributed by atoms with Gasteiger partial charge in [-0.15, -0.1) is 0 Å². The van der Waals surface area contributed by atoms with Gasteiger partial charge in [0.15, 0.2) is 0 Å². The zero-order valence-electron chi connectivity index (χ0n) is 10.9. The Morgan fingerprint density at radius 3 is 2.78 bits per heavy atom. The smallest absolute Gasteiger partial charge is 0.230 e. The molecule has 0 aromatic carbocycles. The molecule has 2 atom stereocenters. The Morgan fingerprint density at radius 1 is 1.39 bits per heavy atom. The van der Waals surface area contributed by atoms with Crippen molar-refractivity contribution in [2.24, 2.45) is 0 Å². The monoisotopic (exact) mass is 271 g/mol. The number of hydrogen-bond donors (Lipinski definition) is 1. The summed E-state index contributed by atoms with van der Waals surface area (Å²) in [4.78, 5) is 14.2. The van der Waals surface area contributed by atoms with Crippen molar-refractivity contribution >= 4 is 23.5 Å². The van der Waals surface area contributed by atoms with Crippen LogP contribution in [0.15, 0.2) is 0 Å². The molecule has 0 saturated carbocycles. The molecule has 6 nitrogen and oxygen atoms in total. The Labute approximate surface area is 112 Å². The van der Waals surface area contributed by atoms with Crippen molar-refractivity contribution in [3.05, 3.63) is 5.28 Å². The highest BCUT2D eigenvalue weighted by Gasteiger charge is 2.23. The van der Waals surface area contributed by atoms with Crippen molar-refractivity contribution in [2.75, 3.05) is 30.9 Å². The lowest BCUT2D eigenvalue weighted by atomic mass is 10.1. The summed E-state index contributed by atoms with van der Waals surface area (Å²) in [6.45, 7) is 2.89. The quantitative estimate of drug-likeness (QED) is 0.897. The molecular weight excluding hydrogens is 254 g/mol. The second-order valence-electron chi connectivity index (χ2n) is 4.61. The first-order valence-corrected chi connectivity index (χ1v) is 6.41. The van der Waals surface area contributed by atoms with Crippen molar-refractivity contribution in [1.29, 1.82) is 0 Å². The summed E-state index contributed by atoms with van der Waals surface area (Å²) in [5.74, 6) is 1.03. The van der Waals surface area contributed by atoms with E-state index in [4.69, 9.17) is 16.3 Å². The molecule has 100 valence electrons. The number of nitrogens with zero attached hydrogens (tertiary/aromatic N) is 4. The number of aromatic nitrogens is 3. The van der Waals surface area contributed by atoms with Crippen molar-refractivity contribution in [1.82, 2.24) is 15.0 Å². The minimum Gasteiger partial charge on any atom is -0.376 e. The summed E-state index contributed by atoms with van der Waals surface area (Å²) in [5, 5.41) is 3.41. The summed E-state index contributed by atoms with van der Waals surface area (Å²) in [7, 11) is 3.72. The molecule has 1 saturated heterocycles. The van der Waals surface area contributed by atoms with Gasteiger partial charge < -0.3 is 15.0 Å². The van der Waals surface area contributed by atoms with Gasteiger partial charge in [-0.3, -0.25) is 0 Å². The summed E-state index contributed by atoms with van der Waals surface area (Å²) in [6, 6.07) is 0.154. The highest BCUT2D eigenvalue weighted by atomic mass is 35.5. The van der Waals surface area contributed by atoms with Gasteiger partial charge in [0.05, 0.1) is 12.1 Å². The third-order valence-corrected chi connectivity index (χ3v) is 3.04. The van der Waals surface area contributed by atoms with Crippen LogP contribution in [0, 0.1) is 0 Å². The first-order chi connectivity index (χ1) is 8.56. The Hall–Kier alpha value is -1.14. The molecule has 1 aromatic heterocycles. The van der Waals surface area contributed by atoms with Crippen LogP contribution >= 0.6 is 11.6 Å². The van der Waals surface area contributed by atoms with E-state index in [0.29, 0.717) is 11.9 Å². The Kier molecular flexibility index (Phi) is 4.19. The molecule has 0 bridgehead atoms. The summed E-state index contributed by atoms with van der Waals surface area (Å²) < 4.78 is 5.62. The minimum absolute atomic E-state index is 0.154. The van der Waals surface area contributed by atoms with Gasteiger partial charge in [-0.1, -0.05) is 0 Å². The van der Waals surface area contributed by atoms with Crippen molar-refractivity contribution in [3.8, 4) is 0 Å². The maximum Gasteiger partial charge on any atom is 0.230 e. The SMILES string of the molecule is CC(Nc1nc(Cl)nc(N(C)C)n1)C1CCCO1.